The fourth-order valence-electron chi connectivity index (χ4n) is 3.54. The van der Waals surface area contributed by atoms with Crippen molar-refractivity contribution in [3.05, 3.63) is 101 Å². The molecule has 1 amide bonds. The zero-order chi connectivity index (χ0) is 22.1. The number of fused-ring (bicyclic) bond motifs is 2. The van der Waals surface area contributed by atoms with Crippen LogP contribution in [0.5, 0.6) is 5.75 Å². The number of rotatable bonds is 5. The van der Waals surface area contributed by atoms with Gasteiger partial charge in [0.2, 0.25) is 0 Å². The smallest absolute Gasteiger partial charge is 0.276 e. The molecule has 8 heteroatoms. The second-order valence-electron chi connectivity index (χ2n) is 7.29. The van der Waals surface area contributed by atoms with Crippen molar-refractivity contribution in [2.24, 2.45) is 7.05 Å². The summed E-state index contributed by atoms with van der Waals surface area (Å²) in [6, 6.07) is 19.8. The average molecular weight is 425 g/mol. The summed E-state index contributed by atoms with van der Waals surface area (Å²) in [5.41, 5.74) is 2.14. The minimum atomic E-state index is -0.408. The highest BCUT2D eigenvalue weighted by Crippen LogP contribution is 2.20. The highest BCUT2D eigenvalue weighted by atomic mass is 16.5. The number of aromatic nitrogens is 4. The van der Waals surface area contributed by atoms with Gasteiger partial charge < -0.3 is 14.5 Å². The lowest BCUT2D eigenvalue weighted by Gasteiger charge is -2.10. The molecule has 0 aliphatic rings. The first-order chi connectivity index (χ1) is 15.6. The second-order valence-corrected chi connectivity index (χ2v) is 7.29. The van der Waals surface area contributed by atoms with Crippen LogP contribution < -0.4 is 15.6 Å². The molecule has 8 nitrogen and oxygen atoms in total. The Kier molecular flexibility index (Phi) is 4.87. The SMILES string of the molecule is Cn1nc(C(=O)Nc2cccc(OCc3cn4ccccc4n3)c2)c2ccccc2c1=O. The van der Waals surface area contributed by atoms with Crippen LogP contribution in [0, 0.1) is 0 Å². The number of aryl methyl sites for hydroxylation is 1. The number of amides is 1. The number of benzene rings is 2. The van der Waals surface area contributed by atoms with Gasteiger partial charge in [-0.25, -0.2) is 9.67 Å². The number of hydrogen-bond donors (Lipinski definition) is 1. The maximum atomic E-state index is 12.9. The number of carbonyl (C=O) groups is 1. The molecule has 0 aliphatic heterocycles. The number of carbonyl (C=O) groups excluding carboxylic acids is 1. The van der Waals surface area contributed by atoms with Gasteiger partial charge >= 0.3 is 0 Å². The van der Waals surface area contributed by atoms with Gasteiger partial charge in [0.05, 0.1) is 11.1 Å². The van der Waals surface area contributed by atoms with E-state index < -0.39 is 5.91 Å². The van der Waals surface area contributed by atoms with E-state index in [2.05, 4.69) is 15.4 Å². The standard InChI is InChI=1S/C24H19N5O3/c1-28-24(31)20-10-3-2-9-19(20)22(27-28)23(30)26-16-7-6-8-18(13-16)32-15-17-14-29-12-5-4-11-21(29)25-17/h2-14H,15H2,1H3,(H,26,30). The molecule has 0 radical (unpaired) electrons. The summed E-state index contributed by atoms with van der Waals surface area (Å²) in [4.78, 5) is 29.8. The molecule has 0 saturated carbocycles. The van der Waals surface area contributed by atoms with Gasteiger partial charge in [-0.3, -0.25) is 9.59 Å². The van der Waals surface area contributed by atoms with Crippen LogP contribution >= 0.6 is 0 Å². The molecule has 0 bridgehead atoms. The van der Waals surface area contributed by atoms with E-state index in [0.29, 0.717) is 28.8 Å². The first-order valence-electron chi connectivity index (χ1n) is 10.0. The van der Waals surface area contributed by atoms with Crippen LogP contribution in [-0.2, 0) is 13.7 Å². The van der Waals surface area contributed by atoms with Crippen LogP contribution in [0.25, 0.3) is 16.4 Å². The Bertz CT molecular complexity index is 1490. The third kappa shape index (κ3) is 3.69. The predicted molar refractivity (Wildman–Crippen MR) is 121 cm³/mol. The van der Waals surface area contributed by atoms with Gasteiger partial charge in [0.15, 0.2) is 5.69 Å². The van der Waals surface area contributed by atoms with E-state index >= 15 is 0 Å². The van der Waals surface area contributed by atoms with E-state index in [0.717, 1.165) is 11.3 Å². The second kappa shape index (κ2) is 7.99. The minimum absolute atomic E-state index is 0.179. The number of ether oxygens (including phenoxy) is 1. The van der Waals surface area contributed by atoms with Gasteiger partial charge in [-0.1, -0.05) is 30.3 Å². The largest absolute Gasteiger partial charge is 0.487 e. The van der Waals surface area contributed by atoms with Crippen molar-refractivity contribution < 1.29 is 9.53 Å². The lowest BCUT2D eigenvalue weighted by molar-refractivity contribution is 0.102. The Morgan fingerprint density at radius 2 is 1.84 bits per heavy atom. The molecular formula is C24H19N5O3. The fourth-order valence-corrected chi connectivity index (χ4v) is 3.54. The minimum Gasteiger partial charge on any atom is -0.487 e. The molecule has 0 atom stereocenters. The van der Waals surface area contributed by atoms with Crippen molar-refractivity contribution in [1.82, 2.24) is 19.2 Å². The average Bonchev–Trinajstić information content (AvgIpc) is 3.23. The van der Waals surface area contributed by atoms with Gasteiger partial charge in [-0.2, -0.15) is 5.10 Å². The van der Waals surface area contributed by atoms with Gasteiger partial charge in [0, 0.05) is 36.6 Å². The summed E-state index contributed by atoms with van der Waals surface area (Å²) in [5.74, 6) is 0.187. The number of nitrogens with zero attached hydrogens (tertiary/aromatic N) is 4. The van der Waals surface area contributed by atoms with Crippen molar-refractivity contribution in [3.63, 3.8) is 0 Å². The van der Waals surface area contributed by atoms with E-state index in [1.807, 2.05) is 41.1 Å². The Hall–Kier alpha value is -4.46. The quantitative estimate of drug-likeness (QED) is 0.466. The molecule has 32 heavy (non-hydrogen) atoms. The van der Waals surface area contributed by atoms with Crippen molar-refractivity contribution in [2.45, 2.75) is 6.61 Å². The van der Waals surface area contributed by atoms with E-state index in [9.17, 15) is 9.59 Å². The molecule has 0 saturated heterocycles. The summed E-state index contributed by atoms with van der Waals surface area (Å²) in [6.07, 6.45) is 3.84. The van der Waals surface area contributed by atoms with Crippen LogP contribution in [-0.4, -0.2) is 25.1 Å². The summed E-state index contributed by atoms with van der Waals surface area (Å²) < 4.78 is 8.97. The number of anilines is 1. The van der Waals surface area contributed by atoms with Crippen LogP contribution in [0.2, 0.25) is 0 Å². The molecule has 5 rings (SSSR count). The topological polar surface area (TPSA) is 90.5 Å². The Morgan fingerprint density at radius 3 is 2.69 bits per heavy atom. The van der Waals surface area contributed by atoms with Crippen molar-refractivity contribution in [3.8, 4) is 5.75 Å². The molecule has 3 heterocycles. The zero-order valence-corrected chi connectivity index (χ0v) is 17.2. The number of hydrogen-bond acceptors (Lipinski definition) is 5. The van der Waals surface area contributed by atoms with Gasteiger partial charge in [-0.05, 0) is 30.3 Å². The van der Waals surface area contributed by atoms with Crippen molar-refractivity contribution in [1.29, 1.82) is 0 Å². The predicted octanol–water partition coefficient (Wildman–Crippen LogP) is 3.41. The van der Waals surface area contributed by atoms with E-state index in [-0.39, 0.29) is 11.3 Å². The van der Waals surface area contributed by atoms with Crippen LogP contribution in [0.1, 0.15) is 16.2 Å². The van der Waals surface area contributed by atoms with Crippen LogP contribution in [0.4, 0.5) is 5.69 Å². The van der Waals surface area contributed by atoms with Gasteiger partial charge in [-0.15, -0.1) is 0 Å². The molecule has 0 spiro atoms. The molecule has 2 aromatic carbocycles. The number of nitrogens with one attached hydrogen (secondary N) is 1. The summed E-state index contributed by atoms with van der Waals surface area (Å²) in [5, 5.41) is 7.96. The first-order valence-corrected chi connectivity index (χ1v) is 10.0. The maximum Gasteiger partial charge on any atom is 0.276 e. The molecule has 158 valence electrons. The third-order valence-corrected chi connectivity index (χ3v) is 5.06. The number of pyridine rings is 1. The molecule has 5 aromatic rings. The van der Waals surface area contributed by atoms with E-state index in [1.165, 1.54) is 11.7 Å². The summed E-state index contributed by atoms with van der Waals surface area (Å²) in [7, 11) is 1.53. The highest BCUT2D eigenvalue weighted by Gasteiger charge is 2.16. The van der Waals surface area contributed by atoms with Crippen LogP contribution in [0.15, 0.2) is 83.9 Å². The summed E-state index contributed by atoms with van der Waals surface area (Å²) >= 11 is 0. The lowest BCUT2D eigenvalue weighted by Crippen LogP contribution is -2.25. The molecule has 0 aliphatic carbocycles. The molecule has 3 aromatic heterocycles. The molecule has 0 unspecified atom stereocenters. The molecular weight excluding hydrogens is 406 g/mol. The highest BCUT2D eigenvalue weighted by molar-refractivity contribution is 6.11. The Labute approximate surface area is 182 Å². The number of imidazole rings is 1. The summed E-state index contributed by atoms with van der Waals surface area (Å²) in [6.45, 7) is 0.298. The normalized spacial score (nSPS) is 11.0. The van der Waals surface area contributed by atoms with E-state index in [4.69, 9.17) is 4.74 Å². The van der Waals surface area contributed by atoms with Crippen LogP contribution in [0.3, 0.4) is 0 Å². The van der Waals surface area contributed by atoms with E-state index in [1.54, 1.807) is 42.5 Å². The maximum absolute atomic E-state index is 12.9. The van der Waals surface area contributed by atoms with Crippen molar-refractivity contribution in [2.75, 3.05) is 5.32 Å². The van der Waals surface area contributed by atoms with Gasteiger partial charge in [0.25, 0.3) is 11.5 Å². The zero-order valence-electron chi connectivity index (χ0n) is 17.2. The fraction of sp³-hybridized carbons (Fsp3) is 0.0833. The van der Waals surface area contributed by atoms with Crippen molar-refractivity contribution >= 4 is 28.0 Å². The monoisotopic (exact) mass is 425 g/mol. The molecule has 1 N–H and O–H groups in total. The Morgan fingerprint density at radius 1 is 1.03 bits per heavy atom. The first kappa shape index (κ1) is 19.5. The Balaban J connectivity index is 1.35. The van der Waals surface area contributed by atoms with Gasteiger partial charge in [0.1, 0.15) is 18.0 Å². The molecule has 0 fully saturated rings. The third-order valence-electron chi connectivity index (χ3n) is 5.06. The lowest BCUT2D eigenvalue weighted by atomic mass is 10.1.